The highest BCUT2D eigenvalue weighted by atomic mass is 16.6. The zero-order valence-electron chi connectivity index (χ0n) is 19.5. The van der Waals surface area contributed by atoms with Crippen LogP contribution in [0.1, 0.15) is 90.9 Å². The number of Topliss-reactive ketones (excluding diaryl/α,β-unsaturated/α-hetero) is 1. The van der Waals surface area contributed by atoms with Crippen LogP contribution in [0.3, 0.4) is 0 Å². The van der Waals surface area contributed by atoms with E-state index in [2.05, 4.69) is 0 Å². The van der Waals surface area contributed by atoms with Gasteiger partial charge in [-0.1, -0.05) is 0 Å². The van der Waals surface area contributed by atoms with E-state index in [-0.39, 0.29) is 59.6 Å². The molecule has 0 unspecified atom stereocenters. The molecule has 3 saturated carbocycles. The van der Waals surface area contributed by atoms with Crippen molar-refractivity contribution >= 4 is 23.7 Å². The Hall–Kier alpha value is -1.92. The van der Waals surface area contributed by atoms with Crippen LogP contribution in [0, 0.1) is 23.7 Å². The maximum absolute atomic E-state index is 12.6. The van der Waals surface area contributed by atoms with E-state index in [9.17, 15) is 19.2 Å². The molecule has 7 nitrogen and oxygen atoms in total. The molecule has 3 fully saturated rings. The lowest BCUT2D eigenvalue weighted by atomic mass is 9.81. The van der Waals surface area contributed by atoms with Crippen molar-refractivity contribution in [3.8, 4) is 0 Å². The zero-order valence-corrected chi connectivity index (χ0v) is 19.5. The molecule has 0 aromatic carbocycles. The summed E-state index contributed by atoms with van der Waals surface area (Å²) in [6.07, 6.45) is 8.30. The molecule has 0 heterocycles. The van der Waals surface area contributed by atoms with Crippen LogP contribution in [-0.2, 0) is 33.4 Å². The van der Waals surface area contributed by atoms with E-state index in [1.807, 2.05) is 0 Å². The largest absolute Gasteiger partial charge is 0.466 e. The van der Waals surface area contributed by atoms with Gasteiger partial charge in [0, 0.05) is 5.92 Å². The lowest BCUT2D eigenvalue weighted by molar-refractivity contribution is -0.163. The van der Waals surface area contributed by atoms with E-state index in [0.717, 1.165) is 25.7 Å². The summed E-state index contributed by atoms with van der Waals surface area (Å²) >= 11 is 0. The normalized spacial score (nSPS) is 33.1. The van der Waals surface area contributed by atoms with Crippen molar-refractivity contribution in [2.24, 2.45) is 23.7 Å². The van der Waals surface area contributed by atoms with Crippen LogP contribution in [0.2, 0.25) is 0 Å². The lowest BCUT2D eigenvalue weighted by Gasteiger charge is -2.32. The number of ether oxygens (including phenoxy) is 3. The van der Waals surface area contributed by atoms with E-state index in [0.29, 0.717) is 58.0 Å². The Labute approximate surface area is 190 Å². The molecule has 0 radical (unpaired) electrons. The van der Waals surface area contributed by atoms with Crippen molar-refractivity contribution in [1.29, 1.82) is 0 Å². The van der Waals surface area contributed by atoms with E-state index in [4.69, 9.17) is 14.2 Å². The van der Waals surface area contributed by atoms with Crippen LogP contribution >= 0.6 is 0 Å². The topological polar surface area (TPSA) is 96.0 Å². The van der Waals surface area contributed by atoms with Gasteiger partial charge in [-0.05, 0) is 90.9 Å². The maximum atomic E-state index is 12.6. The van der Waals surface area contributed by atoms with Gasteiger partial charge < -0.3 is 14.2 Å². The van der Waals surface area contributed by atoms with Crippen LogP contribution in [0.15, 0.2) is 0 Å². The summed E-state index contributed by atoms with van der Waals surface area (Å²) in [5.41, 5.74) is 0. The van der Waals surface area contributed by atoms with E-state index < -0.39 is 0 Å². The van der Waals surface area contributed by atoms with Gasteiger partial charge in [0.2, 0.25) is 0 Å². The third-order valence-corrected chi connectivity index (χ3v) is 7.50. The van der Waals surface area contributed by atoms with Crippen LogP contribution < -0.4 is 0 Å². The maximum Gasteiger partial charge on any atom is 0.309 e. The van der Waals surface area contributed by atoms with Gasteiger partial charge in [-0.3, -0.25) is 19.2 Å². The number of rotatable bonds is 7. The Morgan fingerprint density at radius 2 is 0.906 bits per heavy atom. The average molecular weight is 451 g/mol. The summed E-state index contributed by atoms with van der Waals surface area (Å²) < 4.78 is 16.5. The number of hydrogen-bond acceptors (Lipinski definition) is 7. The fourth-order valence-electron chi connectivity index (χ4n) is 5.35. The number of carbonyl (C=O) groups excluding carboxylic acids is 4. The predicted octanol–water partition coefficient (Wildman–Crippen LogP) is 4.15. The van der Waals surface area contributed by atoms with Crippen molar-refractivity contribution in [1.82, 2.24) is 0 Å². The third kappa shape index (κ3) is 6.79. The summed E-state index contributed by atoms with van der Waals surface area (Å²) in [6.45, 7) is 3.83. The van der Waals surface area contributed by atoms with Crippen LogP contribution in [0.5, 0.6) is 0 Å². The molecule has 0 aromatic rings. The summed E-state index contributed by atoms with van der Waals surface area (Å²) in [4.78, 5) is 48.5. The van der Waals surface area contributed by atoms with Gasteiger partial charge in [0.1, 0.15) is 18.0 Å². The average Bonchev–Trinajstić information content (AvgIpc) is 2.80. The first-order valence-electron chi connectivity index (χ1n) is 12.4. The Balaban J connectivity index is 1.34. The molecule has 0 saturated heterocycles. The molecule has 0 aliphatic heterocycles. The van der Waals surface area contributed by atoms with Crippen molar-refractivity contribution in [3.05, 3.63) is 0 Å². The van der Waals surface area contributed by atoms with Crippen LogP contribution in [0.4, 0.5) is 0 Å². The molecule has 0 atom stereocenters. The first-order chi connectivity index (χ1) is 15.4. The number of esters is 3. The minimum absolute atomic E-state index is 0.0782. The Morgan fingerprint density at radius 3 is 1.28 bits per heavy atom. The third-order valence-electron chi connectivity index (χ3n) is 7.50. The summed E-state index contributed by atoms with van der Waals surface area (Å²) in [5.74, 6) is -0.506. The van der Waals surface area contributed by atoms with E-state index in [1.165, 1.54) is 0 Å². The van der Waals surface area contributed by atoms with Crippen LogP contribution in [0.25, 0.3) is 0 Å². The van der Waals surface area contributed by atoms with Crippen molar-refractivity contribution in [3.63, 3.8) is 0 Å². The molecule has 32 heavy (non-hydrogen) atoms. The molecule has 0 N–H and O–H groups in total. The molecule has 3 aliphatic rings. The Kier molecular flexibility index (Phi) is 9.11. The molecule has 0 amide bonds. The lowest BCUT2D eigenvalue weighted by Crippen LogP contribution is -2.34. The second-order valence-corrected chi connectivity index (χ2v) is 9.73. The molecule has 180 valence electrons. The Bertz CT molecular complexity index is 664. The van der Waals surface area contributed by atoms with Crippen LogP contribution in [-0.4, -0.2) is 42.5 Å². The highest BCUT2D eigenvalue weighted by Crippen LogP contribution is 2.34. The molecule has 0 bridgehead atoms. The standard InChI is InChI=1S/C25H38O7/c1-3-30-23(27)18-10-14-22(15-11-18)32-25(29)20-6-4-19(5-7-20)24(28)31-21-12-8-17(9-13-21)16(2)26/h17-22H,3-15H2,1-2H3. The molecular formula is C25H38O7. The second-order valence-electron chi connectivity index (χ2n) is 9.73. The summed E-state index contributed by atoms with van der Waals surface area (Å²) in [7, 11) is 0. The smallest absolute Gasteiger partial charge is 0.309 e. The van der Waals surface area contributed by atoms with Gasteiger partial charge >= 0.3 is 17.9 Å². The fraction of sp³-hybridized carbons (Fsp3) is 0.840. The van der Waals surface area contributed by atoms with Gasteiger partial charge in [0.25, 0.3) is 0 Å². The SMILES string of the molecule is CCOC(=O)C1CCC(OC(=O)C2CCC(C(=O)OC3CCC(C(C)=O)CC3)CC2)CC1. The van der Waals surface area contributed by atoms with Crippen molar-refractivity contribution < 1.29 is 33.4 Å². The van der Waals surface area contributed by atoms with Gasteiger partial charge in [-0.25, -0.2) is 0 Å². The predicted molar refractivity (Wildman–Crippen MR) is 116 cm³/mol. The fourth-order valence-corrected chi connectivity index (χ4v) is 5.35. The molecule has 3 aliphatic carbocycles. The van der Waals surface area contributed by atoms with Gasteiger partial charge in [-0.2, -0.15) is 0 Å². The summed E-state index contributed by atoms with van der Waals surface area (Å²) in [5, 5.41) is 0. The first kappa shape index (κ1) is 24.7. The zero-order chi connectivity index (χ0) is 23.1. The number of ketones is 1. The quantitative estimate of drug-likeness (QED) is 0.425. The van der Waals surface area contributed by atoms with E-state index >= 15 is 0 Å². The molecule has 3 rings (SSSR count). The van der Waals surface area contributed by atoms with E-state index in [1.54, 1.807) is 13.8 Å². The molecule has 7 heteroatoms. The second kappa shape index (κ2) is 11.8. The van der Waals surface area contributed by atoms with Crippen molar-refractivity contribution in [2.45, 2.75) is 103 Å². The van der Waals surface area contributed by atoms with Gasteiger partial charge in [-0.15, -0.1) is 0 Å². The number of carbonyl (C=O) groups is 4. The molecule has 0 spiro atoms. The Morgan fingerprint density at radius 1 is 0.562 bits per heavy atom. The van der Waals surface area contributed by atoms with Gasteiger partial charge in [0.15, 0.2) is 0 Å². The molecular weight excluding hydrogens is 412 g/mol. The van der Waals surface area contributed by atoms with Gasteiger partial charge in [0.05, 0.1) is 24.4 Å². The minimum Gasteiger partial charge on any atom is -0.466 e. The highest BCUT2D eigenvalue weighted by molar-refractivity contribution is 5.78. The first-order valence-corrected chi connectivity index (χ1v) is 12.4. The monoisotopic (exact) mass is 450 g/mol. The molecule has 0 aromatic heterocycles. The highest BCUT2D eigenvalue weighted by Gasteiger charge is 2.35. The summed E-state index contributed by atoms with van der Waals surface area (Å²) in [6, 6.07) is 0. The number of hydrogen-bond donors (Lipinski definition) is 0. The minimum atomic E-state index is -0.168. The van der Waals surface area contributed by atoms with Crippen molar-refractivity contribution in [2.75, 3.05) is 6.61 Å².